The topological polar surface area (TPSA) is 0 Å². The van der Waals surface area contributed by atoms with E-state index in [9.17, 15) is 0 Å². The molecule has 0 saturated carbocycles. The molecule has 0 radical (unpaired) electrons. The van der Waals surface area contributed by atoms with Gasteiger partial charge in [-0.25, -0.2) is 0 Å². The first-order valence-electron chi connectivity index (χ1n) is 14.6. The van der Waals surface area contributed by atoms with Crippen LogP contribution in [0.3, 0.4) is 0 Å². The van der Waals surface area contributed by atoms with Crippen molar-refractivity contribution in [1.29, 1.82) is 0 Å². The molecular formula is C30H62. The van der Waals surface area contributed by atoms with Crippen molar-refractivity contribution in [3.63, 3.8) is 0 Å². The van der Waals surface area contributed by atoms with Gasteiger partial charge in [0.1, 0.15) is 0 Å². The van der Waals surface area contributed by atoms with Gasteiger partial charge in [0.05, 0.1) is 0 Å². The van der Waals surface area contributed by atoms with Gasteiger partial charge in [0, 0.05) is 0 Å². The molecule has 0 aliphatic rings. The van der Waals surface area contributed by atoms with Crippen molar-refractivity contribution in [2.75, 3.05) is 0 Å². The van der Waals surface area contributed by atoms with Crippen LogP contribution in [-0.4, -0.2) is 0 Å². The van der Waals surface area contributed by atoms with Gasteiger partial charge >= 0.3 is 0 Å². The lowest BCUT2D eigenvalue weighted by molar-refractivity contribution is 0.394. The lowest BCUT2D eigenvalue weighted by Crippen LogP contribution is -1.99. The summed E-state index contributed by atoms with van der Waals surface area (Å²) in [5, 5.41) is 0. The lowest BCUT2D eigenvalue weighted by atomic mass is 9.92. The van der Waals surface area contributed by atoms with E-state index in [1.807, 2.05) is 0 Å². The summed E-state index contributed by atoms with van der Waals surface area (Å²) < 4.78 is 0. The maximum atomic E-state index is 2.50. The maximum absolute atomic E-state index is 2.50. The van der Waals surface area contributed by atoms with Gasteiger partial charge in [-0.2, -0.15) is 0 Å². The molecule has 0 bridgehead atoms. The first-order chi connectivity index (χ1) is 14.6. The summed E-state index contributed by atoms with van der Waals surface area (Å²) in [7, 11) is 0. The molecule has 0 amide bonds. The van der Waals surface area contributed by atoms with Crippen LogP contribution in [-0.2, 0) is 0 Å². The predicted molar refractivity (Wildman–Crippen MR) is 140 cm³/mol. The first-order valence-corrected chi connectivity index (χ1v) is 14.6. The summed E-state index contributed by atoms with van der Waals surface area (Å²) in [6, 6.07) is 0. The zero-order valence-corrected chi connectivity index (χ0v) is 22.3. The van der Waals surface area contributed by atoms with Crippen LogP contribution >= 0.6 is 0 Å². The van der Waals surface area contributed by atoms with Crippen molar-refractivity contribution in [2.24, 2.45) is 17.8 Å². The van der Waals surface area contributed by atoms with E-state index in [1.165, 1.54) is 141 Å². The van der Waals surface area contributed by atoms with Gasteiger partial charge in [-0.1, -0.05) is 176 Å². The molecule has 0 heterocycles. The zero-order valence-electron chi connectivity index (χ0n) is 22.3. The van der Waals surface area contributed by atoms with E-state index in [0.29, 0.717) is 0 Å². The molecule has 0 fully saturated rings. The Kier molecular flexibility index (Phi) is 23.7. The minimum Gasteiger partial charge on any atom is -0.0654 e. The SMILES string of the molecule is CCCCCCCCCCCCCCC(C)CCCCCC(C)CCCC(C)CC. The van der Waals surface area contributed by atoms with Gasteiger partial charge < -0.3 is 0 Å². The fraction of sp³-hybridized carbons (Fsp3) is 1.00. The van der Waals surface area contributed by atoms with E-state index in [2.05, 4.69) is 34.6 Å². The highest BCUT2D eigenvalue weighted by Gasteiger charge is 2.06. The van der Waals surface area contributed by atoms with Crippen LogP contribution in [0.1, 0.15) is 176 Å². The fourth-order valence-electron chi connectivity index (χ4n) is 4.80. The van der Waals surface area contributed by atoms with Crippen LogP contribution in [0.15, 0.2) is 0 Å². The van der Waals surface area contributed by atoms with E-state index in [-0.39, 0.29) is 0 Å². The van der Waals surface area contributed by atoms with Crippen molar-refractivity contribution in [3.05, 3.63) is 0 Å². The monoisotopic (exact) mass is 422 g/mol. The van der Waals surface area contributed by atoms with Gasteiger partial charge in [0.15, 0.2) is 0 Å². The summed E-state index contributed by atoms with van der Waals surface area (Å²) in [6.45, 7) is 12.0. The summed E-state index contributed by atoms with van der Waals surface area (Å²) in [5.41, 5.74) is 0. The molecule has 0 spiro atoms. The molecule has 0 rings (SSSR count). The van der Waals surface area contributed by atoms with E-state index >= 15 is 0 Å². The Labute approximate surface area is 193 Å². The Morgan fingerprint density at radius 3 is 1.03 bits per heavy atom. The largest absolute Gasteiger partial charge is 0.0654 e. The number of hydrogen-bond donors (Lipinski definition) is 0. The van der Waals surface area contributed by atoms with Crippen LogP contribution < -0.4 is 0 Å². The van der Waals surface area contributed by atoms with Crippen LogP contribution in [0, 0.1) is 17.8 Å². The highest BCUT2D eigenvalue weighted by atomic mass is 14.1. The maximum Gasteiger partial charge on any atom is -0.0443 e. The third-order valence-electron chi connectivity index (χ3n) is 7.54. The molecule has 0 aromatic carbocycles. The molecule has 30 heavy (non-hydrogen) atoms. The summed E-state index contributed by atoms with van der Waals surface area (Å²) in [6.07, 6.45) is 32.1. The number of hydrogen-bond acceptors (Lipinski definition) is 0. The standard InChI is InChI=1S/C30H62/c1-6-8-9-10-11-12-13-14-15-16-17-19-23-29(4)24-20-18-21-25-30(5)27-22-26-28(3)7-2/h28-30H,6-27H2,1-5H3. The molecule has 0 aromatic heterocycles. The van der Waals surface area contributed by atoms with E-state index in [1.54, 1.807) is 0 Å². The molecule has 182 valence electrons. The third-order valence-corrected chi connectivity index (χ3v) is 7.54. The number of rotatable bonds is 24. The summed E-state index contributed by atoms with van der Waals surface area (Å²) in [4.78, 5) is 0. The molecular weight excluding hydrogens is 360 g/mol. The molecule has 0 heteroatoms. The minimum absolute atomic E-state index is 0.934. The van der Waals surface area contributed by atoms with Gasteiger partial charge in [-0.05, 0) is 17.8 Å². The second-order valence-electron chi connectivity index (χ2n) is 11.0. The van der Waals surface area contributed by atoms with Gasteiger partial charge in [-0.15, -0.1) is 0 Å². The van der Waals surface area contributed by atoms with Gasteiger partial charge in [-0.3, -0.25) is 0 Å². The van der Waals surface area contributed by atoms with Crippen molar-refractivity contribution < 1.29 is 0 Å². The molecule has 0 N–H and O–H groups in total. The molecule has 0 aliphatic carbocycles. The smallest absolute Gasteiger partial charge is 0.0443 e. The van der Waals surface area contributed by atoms with Crippen LogP contribution in [0.2, 0.25) is 0 Å². The fourth-order valence-corrected chi connectivity index (χ4v) is 4.80. The Balaban J connectivity index is 3.28. The lowest BCUT2D eigenvalue weighted by Gasteiger charge is -2.14. The number of unbranched alkanes of at least 4 members (excludes halogenated alkanes) is 13. The molecule has 3 atom stereocenters. The van der Waals surface area contributed by atoms with E-state index in [4.69, 9.17) is 0 Å². The van der Waals surface area contributed by atoms with Crippen LogP contribution in [0.4, 0.5) is 0 Å². The van der Waals surface area contributed by atoms with Crippen LogP contribution in [0.5, 0.6) is 0 Å². The van der Waals surface area contributed by atoms with Gasteiger partial charge in [0.25, 0.3) is 0 Å². The summed E-state index contributed by atoms with van der Waals surface area (Å²) >= 11 is 0. The van der Waals surface area contributed by atoms with Crippen molar-refractivity contribution in [1.82, 2.24) is 0 Å². The second-order valence-corrected chi connectivity index (χ2v) is 11.0. The highest BCUT2D eigenvalue weighted by Crippen LogP contribution is 2.22. The Morgan fingerprint density at radius 2 is 0.633 bits per heavy atom. The molecule has 0 nitrogen and oxygen atoms in total. The van der Waals surface area contributed by atoms with E-state index < -0.39 is 0 Å². The molecule has 0 aromatic rings. The molecule has 0 saturated heterocycles. The predicted octanol–water partition coefficient (Wildman–Crippen LogP) is 11.5. The third kappa shape index (κ3) is 22.7. The Morgan fingerprint density at radius 1 is 0.333 bits per heavy atom. The highest BCUT2D eigenvalue weighted by molar-refractivity contribution is 4.59. The normalized spacial score (nSPS) is 14.7. The average Bonchev–Trinajstić information content (AvgIpc) is 2.74. The molecule has 0 aliphatic heterocycles. The first kappa shape index (κ1) is 30.0. The van der Waals surface area contributed by atoms with Crippen molar-refractivity contribution in [2.45, 2.75) is 176 Å². The zero-order chi connectivity index (χ0) is 22.3. The molecule has 3 unspecified atom stereocenters. The van der Waals surface area contributed by atoms with Gasteiger partial charge in [0.2, 0.25) is 0 Å². The quantitative estimate of drug-likeness (QED) is 0.136. The van der Waals surface area contributed by atoms with E-state index in [0.717, 1.165) is 17.8 Å². The average molecular weight is 423 g/mol. The summed E-state index contributed by atoms with van der Waals surface area (Å²) in [5.74, 6) is 2.84. The Bertz CT molecular complexity index is 307. The van der Waals surface area contributed by atoms with Crippen LogP contribution in [0.25, 0.3) is 0 Å². The second kappa shape index (κ2) is 23.7. The van der Waals surface area contributed by atoms with Crippen molar-refractivity contribution in [3.8, 4) is 0 Å². The Hall–Kier alpha value is 0. The minimum atomic E-state index is 0.934. The van der Waals surface area contributed by atoms with Crippen molar-refractivity contribution >= 4 is 0 Å².